The minimum absolute atomic E-state index is 0.110. The number of benzene rings is 1. The van der Waals surface area contributed by atoms with E-state index in [0.717, 1.165) is 15.9 Å². The SMILES string of the molecule is O=C(CN1C(=O)S/C(=C/C(Cl)=C/c2ccccc2)C1=O)N[C@H]1C=CS(=O)(=O)C1. The highest BCUT2D eigenvalue weighted by Crippen LogP contribution is 2.32. The summed E-state index contributed by atoms with van der Waals surface area (Å²) in [5.41, 5.74) is 0.835. The first-order chi connectivity index (χ1) is 13.2. The second-order valence-electron chi connectivity index (χ2n) is 6.04. The molecule has 0 saturated carbocycles. The number of imide groups is 1. The van der Waals surface area contributed by atoms with Crippen molar-refractivity contribution >= 4 is 56.3 Å². The molecular weight excluding hydrogens is 424 g/mol. The summed E-state index contributed by atoms with van der Waals surface area (Å²) >= 11 is 6.84. The molecule has 2 heterocycles. The second kappa shape index (κ2) is 8.34. The standard InChI is InChI=1S/C18H15ClN2O5S2/c19-13(8-12-4-2-1-3-5-12)9-15-17(23)21(18(24)27-15)10-16(22)20-14-6-7-28(25,26)11-14/h1-9,14H,10-11H2,(H,20,22)/b13-8-,15-9+/t14-/m0/s1. The summed E-state index contributed by atoms with van der Waals surface area (Å²) in [7, 11) is -3.31. The van der Waals surface area contributed by atoms with Crippen molar-refractivity contribution in [2.75, 3.05) is 12.3 Å². The van der Waals surface area contributed by atoms with Gasteiger partial charge in [-0.3, -0.25) is 19.3 Å². The zero-order valence-corrected chi connectivity index (χ0v) is 16.8. The average Bonchev–Trinajstić information content (AvgIpc) is 3.09. The van der Waals surface area contributed by atoms with Crippen molar-refractivity contribution in [2.24, 2.45) is 0 Å². The van der Waals surface area contributed by atoms with Gasteiger partial charge in [0.2, 0.25) is 5.91 Å². The Kier molecular flexibility index (Phi) is 6.07. The zero-order valence-electron chi connectivity index (χ0n) is 14.4. The van der Waals surface area contributed by atoms with Gasteiger partial charge in [0.1, 0.15) is 6.54 Å². The van der Waals surface area contributed by atoms with Gasteiger partial charge in [-0.2, -0.15) is 0 Å². The Bertz CT molecular complexity index is 1020. The van der Waals surface area contributed by atoms with Gasteiger partial charge in [-0.15, -0.1) is 0 Å². The first kappa shape index (κ1) is 20.4. The van der Waals surface area contributed by atoms with Crippen molar-refractivity contribution in [1.82, 2.24) is 10.2 Å². The van der Waals surface area contributed by atoms with Crippen molar-refractivity contribution in [2.45, 2.75) is 6.04 Å². The van der Waals surface area contributed by atoms with E-state index < -0.39 is 39.5 Å². The van der Waals surface area contributed by atoms with Crippen LogP contribution in [0, 0.1) is 0 Å². The molecule has 1 aromatic rings. The van der Waals surface area contributed by atoms with E-state index in [9.17, 15) is 22.8 Å². The molecule has 1 aromatic carbocycles. The Hall–Kier alpha value is -2.36. The summed E-state index contributed by atoms with van der Waals surface area (Å²) in [6.45, 7) is -0.494. The summed E-state index contributed by atoms with van der Waals surface area (Å²) in [6, 6.07) is 8.54. The van der Waals surface area contributed by atoms with E-state index in [1.165, 1.54) is 12.2 Å². The number of carbonyl (C=O) groups is 3. The molecule has 1 N–H and O–H groups in total. The summed E-state index contributed by atoms with van der Waals surface area (Å²) in [4.78, 5) is 37.5. The lowest BCUT2D eigenvalue weighted by Crippen LogP contribution is -2.43. The lowest BCUT2D eigenvalue weighted by atomic mass is 10.2. The zero-order chi connectivity index (χ0) is 20.3. The second-order valence-corrected chi connectivity index (χ2v) is 9.40. The first-order valence-corrected chi connectivity index (χ1v) is 11.0. The fourth-order valence-electron chi connectivity index (χ4n) is 2.57. The summed E-state index contributed by atoms with van der Waals surface area (Å²) in [5, 5.41) is 3.18. The highest BCUT2D eigenvalue weighted by Gasteiger charge is 2.37. The smallest absolute Gasteiger partial charge is 0.294 e. The predicted octanol–water partition coefficient (Wildman–Crippen LogP) is 2.27. The van der Waals surface area contributed by atoms with Gasteiger partial charge in [0, 0.05) is 10.4 Å². The largest absolute Gasteiger partial charge is 0.347 e. The number of hydrogen-bond donors (Lipinski definition) is 1. The number of thioether (sulfide) groups is 1. The van der Waals surface area contributed by atoms with Crippen LogP contribution in [0.1, 0.15) is 5.56 Å². The van der Waals surface area contributed by atoms with Crippen LogP contribution < -0.4 is 5.32 Å². The number of hydrogen-bond acceptors (Lipinski definition) is 6. The quantitative estimate of drug-likeness (QED) is 0.708. The van der Waals surface area contributed by atoms with Crippen LogP contribution >= 0.6 is 23.4 Å². The minimum atomic E-state index is -3.31. The van der Waals surface area contributed by atoms with Gasteiger partial charge in [-0.1, -0.05) is 41.9 Å². The molecule has 1 fully saturated rings. The van der Waals surface area contributed by atoms with E-state index in [2.05, 4.69) is 5.32 Å². The molecule has 146 valence electrons. The molecule has 0 spiro atoms. The predicted molar refractivity (Wildman–Crippen MR) is 108 cm³/mol. The molecule has 28 heavy (non-hydrogen) atoms. The fraction of sp³-hybridized carbons (Fsp3) is 0.167. The maximum atomic E-state index is 12.4. The molecule has 0 bridgehead atoms. The van der Waals surface area contributed by atoms with Crippen LogP contribution in [0.3, 0.4) is 0 Å². The molecule has 2 aliphatic heterocycles. The fourth-order valence-corrected chi connectivity index (χ4v) is 4.94. The molecule has 0 aromatic heterocycles. The van der Waals surface area contributed by atoms with Crippen molar-refractivity contribution < 1.29 is 22.8 Å². The lowest BCUT2D eigenvalue weighted by Gasteiger charge is -2.14. The van der Waals surface area contributed by atoms with E-state index in [-0.39, 0.29) is 15.7 Å². The maximum Gasteiger partial charge on any atom is 0.294 e. The lowest BCUT2D eigenvalue weighted by molar-refractivity contribution is -0.129. The first-order valence-electron chi connectivity index (χ1n) is 8.11. The monoisotopic (exact) mass is 438 g/mol. The van der Waals surface area contributed by atoms with Crippen LogP contribution in [-0.4, -0.2) is 48.7 Å². The van der Waals surface area contributed by atoms with E-state index in [1.807, 2.05) is 30.3 Å². The Labute approximate surface area is 171 Å². The van der Waals surface area contributed by atoms with E-state index in [4.69, 9.17) is 11.6 Å². The third-order valence-electron chi connectivity index (χ3n) is 3.82. The van der Waals surface area contributed by atoms with Gasteiger partial charge >= 0.3 is 0 Å². The number of halogens is 1. The molecule has 1 atom stereocenters. The van der Waals surface area contributed by atoms with Gasteiger partial charge in [0.05, 0.1) is 16.7 Å². The molecule has 1 saturated heterocycles. The number of nitrogens with one attached hydrogen (secondary N) is 1. The van der Waals surface area contributed by atoms with Gasteiger partial charge < -0.3 is 5.32 Å². The van der Waals surface area contributed by atoms with Crippen molar-refractivity contribution in [3.8, 4) is 0 Å². The number of allylic oxidation sites excluding steroid dienone is 2. The van der Waals surface area contributed by atoms with E-state index >= 15 is 0 Å². The Morgan fingerprint density at radius 2 is 2.00 bits per heavy atom. The summed E-state index contributed by atoms with van der Waals surface area (Å²) < 4.78 is 22.7. The summed E-state index contributed by atoms with van der Waals surface area (Å²) in [6.07, 6.45) is 4.38. The molecule has 0 aliphatic carbocycles. The number of nitrogens with zero attached hydrogens (tertiary/aromatic N) is 1. The molecule has 7 nitrogen and oxygen atoms in total. The Balaban J connectivity index is 1.64. The summed E-state index contributed by atoms with van der Waals surface area (Å²) in [5.74, 6) is -1.49. The van der Waals surface area contributed by atoms with Crippen LogP contribution in [0.5, 0.6) is 0 Å². The maximum absolute atomic E-state index is 12.4. The van der Waals surface area contributed by atoms with Crippen LogP contribution in [0.4, 0.5) is 4.79 Å². The van der Waals surface area contributed by atoms with Crippen molar-refractivity contribution in [3.63, 3.8) is 0 Å². The molecule has 0 unspecified atom stereocenters. The number of sulfone groups is 1. The Morgan fingerprint density at radius 1 is 1.29 bits per heavy atom. The van der Waals surface area contributed by atoms with Crippen molar-refractivity contribution in [3.05, 3.63) is 63.4 Å². The topological polar surface area (TPSA) is 101 Å². The van der Waals surface area contributed by atoms with E-state index in [0.29, 0.717) is 11.8 Å². The molecule has 3 amide bonds. The highest BCUT2D eigenvalue weighted by atomic mass is 35.5. The molecule has 10 heteroatoms. The normalized spacial score (nSPS) is 22.9. The van der Waals surface area contributed by atoms with Crippen LogP contribution in [0.15, 0.2) is 57.8 Å². The van der Waals surface area contributed by atoms with Crippen LogP contribution in [-0.2, 0) is 19.4 Å². The molecule has 0 radical (unpaired) electrons. The number of rotatable bonds is 5. The van der Waals surface area contributed by atoms with Gasteiger partial charge in [0.25, 0.3) is 11.1 Å². The third-order valence-corrected chi connectivity index (χ3v) is 6.35. The van der Waals surface area contributed by atoms with Gasteiger partial charge in [-0.25, -0.2) is 8.42 Å². The Morgan fingerprint density at radius 3 is 2.64 bits per heavy atom. The molecular formula is C18H15ClN2O5S2. The molecule has 3 rings (SSSR count). The third kappa shape index (κ3) is 5.12. The molecule has 2 aliphatic rings. The average molecular weight is 439 g/mol. The van der Waals surface area contributed by atoms with Crippen LogP contribution in [0.2, 0.25) is 0 Å². The van der Waals surface area contributed by atoms with E-state index in [1.54, 1.807) is 6.08 Å². The number of amides is 3. The minimum Gasteiger partial charge on any atom is -0.347 e. The van der Waals surface area contributed by atoms with Crippen molar-refractivity contribution in [1.29, 1.82) is 0 Å². The highest BCUT2D eigenvalue weighted by molar-refractivity contribution is 8.18. The van der Waals surface area contributed by atoms with Gasteiger partial charge in [0.15, 0.2) is 9.84 Å². The number of carbonyl (C=O) groups excluding carboxylic acids is 3. The van der Waals surface area contributed by atoms with Crippen LogP contribution in [0.25, 0.3) is 6.08 Å². The van der Waals surface area contributed by atoms with Gasteiger partial charge in [-0.05, 0) is 35.6 Å².